The maximum atomic E-state index is 11.3. The Bertz CT molecular complexity index is 477. The van der Waals surface area contributed by atoms with Crippen LogP contribution in [0.3, 0.4) is 0 Å². The van der Waals surface area contributed by atoms with Gasteiger partial charge in [0.15, 0.2) is 12.7 Å². The van der Waals surface area contributed by atoms with Crippen molar-refractivity contribution in [2.75, 3.05) is 0 Å². The minimum atomic E-state index is -0.408. The summed E-state index contributed by atoms with van der Waals surface area (Å²) in [6.45, 7) is 6.58. The molecule has 0 radical (unpaired) electrons. The molecule has 0 aromatic carbocycles. The Morgan fingerprint density at radius 3 is 2.12 bits per heavy atom. The van der Waals surface area contributed by atoms with Crippen LogP contribution < -0.4 is 26.3 Å². The Hall–Kier alpha value is -1.16. The molecule has 0 aliphatic heterocycles. The van der Waals surface area contributed by atoms with Gasteiger partial charge in [0.1, 0.15) is 0 Å². The van der Waals surface area contributed by atoms with Crippen LogP contribution >= 0.6 is 0 Å². The molecule has 0 atom stereocenters. The smallest absolute Gasteiger partial charge is 0.375 e. The van der Waals surface area contributed by atoms with Crippen molar-refractivity contribution in [3.63, 3.8) is 0 Å². The highest BCUT2D eigenvalue weighted by Crippen LogP contribution is 2.11. The van der Waals surface area contributed by atoms with Crippen molar-refractivity contribution >= 4 is 5.97 Å². The third-order valence-electron chi connectivity index (χ3n) is 4.27. The van der Waals surface area contributed by atoms with E-state index in [9.17, 15) is 4.79 Å². The van der Waals surface area contributed by atoms with Crippen LogP contribution in [-0.2, 0) is 11.3 Å². The molecule has 0 saturated heterocycles. The van der Waals surface area contributed by atoms with Gasteiger partial charge in [0.2, 0.25) is 0 Å². The highest BCUT2D eigenvalue weighted by Gasteiger charge is 2.12. The Labute approximate surface area is 164 Å². The lowest BCUT2D eigenvalue weighted by Gasteiger charge is -2.04. The number of aryl methyl sites for hydroxylation is 1. The van der Waals surface area contributed by atoms with Gasteiger partial charge in [-0.2, -0.15) is 4.57 Å². The minimum Gasteiger partial charge on any atom is -1.00 e. The SMILES string of the molecule is C=CC(=O)Oc1cccc[n+]1CCCCCCCCCCCCC.[Br-]. The highest BCUT2D eigenvalue weighted by molar-refractivity contribution is 5.82. The van der Waals surface area contributed by atoms with Crippen LogP contribution in [0.25, 0.3) is 0 Å². The number of carbonyl (C=O) groups is 1. The average Bonchev–Trinajstić information content (AvgIpc) is 2.60. The number of aromatic nitrogens is 1. The molecule has 0 amide bonds. The molecule has 1 aromatic heterocycles. The number of pyridine rings is 1. The van der Waals surface area contributed by atoms with Gasteiger partial charge >= 0.3 is 11.8 Å². The van der Waals surface area contributed by atoms with E-state index in [-0.39, 0.29) is 17.0 Å². The van der Waals surface area contributed by atoms with Gasteiger partial charge in [-0.1, -0.05) is 71.3 Å². The molecule has 0 fully saturated rings. The Kier molecular flexibility index (Phi) is 15.6. The summed E-state index contributed by atoms with van der Waals surface area (Å²) < 4.78 is 7.25. The van der Waals surface area contributed by atoms with Crippen molar-refractivity contribution in [3.05, 3.63) is 37.1 Å². The predicted octanol–water partition coefficient (Wildman–Crippen LogP) is 2.38. The van der Waals surface area contributed by atoms with Gasteiger partial charge in [-0.25, -0.2) is 4.79 Å². The Morgan fingerprint density at radius 1 is 1.00 bits per heavy atom. The summed E-state index contributed by atoms with van der Waals surface area (Å²) in [5, 5.41) is 0. The first-order valence-corrected chi connectivity index (χ1v) is 9.60. The van der Waals surface area contributed by atoms with Crippen molar-refractivity contribution in [2.24, 2.45) is 0 Å². The standard InChI is InChI=1S/C21H34NO2.BrH/c1-3-5-6-7-8-9-10-11-12-13-15-18-22-19-16-14-17-20(22)24-21(23)4-2;/h4,14,16-17,19H,2-3,5-13,15,18H2,1H3;1H/q+1;/p-1. The van der Waals surface area contributed by atoms with Gasteiger partial charge in [0.25, 0.3) is 0 Å². The quantitative estimate of drug-likeness (QED) is 0.203. The lowest BCUT2D eigenvalue weighted by Crippen LogP contribution is -3.00. The Balaban J connectivity index is 0.00000576. The molecule has 0 N–H and O–H groups in total. The van der Waals surface area contributed by atoms with Crippen LogP contribution in [-0.4, -0.2) is 5.97 Å². The third-order valence-corrected chi connectivity index (χ3v) is 4.27. The molecular formula is C21H34BrNO2. The molecule has 0 unspecified atom stereocenters. The second-order valence-electron chi connectivity index (χ2n) is 6.39. The number of ether oxygens (including phenoxy) is 1. The van der Waals surface area contributed by atoms with Crippen LogP contribution in [0, 0.1) is 0 Å². The highest BCUT2D eigenvalue weighted by atomic mass is 79.9. The van der Waals surface area contributed by atoms with Gasteiger partial charge in [-0.05, 0) is 12.5 Å². The summed E-state index contributed by atoms with van der Waals surface area (Å²) in [5.41, 5.74) is 0. The monoisotopic (exact) mass is 411 g/mol. The molecule has 3 nitrogen and oxygen atoms in total. The number of hydrogen-bond acceptors (Lipinski definition) is 2. The van der Waals surface area contributed by atoms with E-state index in [4.69, 9.17) is 4.74 Å². The van der Waals surface area contributed by atoms with Crippen LogP contribution in [0.4, 0.5) is 0 Å². The summed E-state index contributed by atoms with van der Waals surface area (Å²) in [7, 11) is 0. The molecule has 4 heteroatoms. The van der Waals surface area contributed by atoms with Gasteiger partial charge in [0, 0.05) is 18.6 Å². The van der Waals surface area contributed by atoms with Crippen molar-refractivity contribution in [1.82, 2.24) is 0 Å². The molecule has 25 heavy (non-hydrogen) atoms. The zero-order chi connectivity index (χ0) is 17.5. The average molecular weight is 412 g/mol. The van der Waals surface area contributed by atoms with E-state index in [2.05, 4.69) is 13.5 Å². The lowest BCUT2D eigenvalue weighted by atomic mass is 10.1. The molecule has 0 aliphatic carbocycles. The van der Waals surface area contributed by atoms with E-state index in [1.165, 1.54) is 70.3 Å². The van der Waals surface area contributed by atoms with Crippen molar-refractivity contribution < 1.29 is 31.1 Å². The van der Waals surface area contributed by atoms with Crippen LogP contribution in [0.15, 0.2) is 37.1 Å². The number of hydrogen-bond donors (Lipinski definition) is 0. The number of nitrogens with zero attached hydrogens (tertiary/aromatic N) is 1. The molecule has 142 valence electrons. The molecule has 0 aliphatic rings. The molecule has 1 heterocycles. The molecule has 0 spiro atoms. The van der Waals surface area contributed by atoms with Crippen molar-refractivity contribution in [1.29, 1.82) is 0 Å². The third kappa shape index (κ3) is 11.9. The maximum Gasteiger partial charge on any atom is 0.375 e. The zero-order valence-corrected chi connectivity index (χ0v) is 17.3. The topological polar surface area (TPSA) is 30.2 Å². The molecule has 0 saturated carbocycles. The molecule has 0 bridgehead atoms. The van der Waals surface area contributed by atoms with Crippen molar-refractivity contribution in [2.45, 2.75) is 84.1 Å². The number of esters is 1. The predicted molar refractivity (Wildman–Crippen MR) is 98.9 cm³/mol. The first-order chi connectivity index (χ1) is 11.8. The van der Waals surface area contributed by atoms with Gasteiger partial charge in [0.05, 0.1) is 6.07 Å². The van der Waals surface area contributed by atoms with E-state index in [0.717, 1.165) is 13.0 Å². The van der Waals surface area contributed by atoms with E-state index in [1.807, 2.05) is 29.0 Å². The normalized spacial score (nSPS) is 10.1. The zero-order valence-electron chi connectivity index (χ0n) is 15.7. The van der Waals surface area contributed by atoms with Crippen LogP contribution in [0.5, 0.6) is 5.88 Å². The fourth-order valence-electron chi connectivity index (χ4n) is 2.83. The Morgan fingerprint density at radius 2 is 1.56 bits per heavy atom. The number of carbonyl (C=O) groups excluding carboxylic acids is 1. The van der Waals surface area contributed by atoms with Gasteiger partial charge < -0.3 is 21.7 Å². The van der Waals surface area contributed by atoms with Gasteiger partial charge in [-0.15, -0.1) is 0 Å². The summed E-state index contributed by atoms with van der Waals surface area (Å²) >= 11 is 0. The summed E-state index contributed by atoms with van der Waals surface area (Å²) in [6, 6.07) is 5.66. The second-order valence-corrected chi connectivity index (χ2v) is 6.39. The van der Waals surface area contributed by atoms with Gasteiger partial charge in [-0.3, -0.25) is 0 Å². The lowest BCUT2D eigenvalue weighted by molar-refractivity contribution is -0.700. The van der Waals surface area contributed by atoms with Crippen LogP contribution in [0.1, 0.15) is 77.6 Å². The number of halogens is 1. The summed E-state index contributed by atoms with van der Waals surface area (Å²) in [5.74, 6) is 0.184. The minimum absolute atomic E-state index is 0. The van der Waals surface area contributed by atoms with Crippen molar-refractivity contribution in [3.8, 4) is 5.88 Å². The van der Waals surface area contributed by atoms with E-state index < -0.39 is 5.97 Å². The largest absolute Gasteiger partial charge is 1.00 e. The second kappa shape index (κ2) is 16.3. The summed E-state index contributed by atoms with van der Waals surface area (Å²) in [4.78, 5) is 11.3. The number of rotatable bonds is 14. The van der Waals surface area contributed by atoms with E-state index >= 15 is 0 Å². The fraction of sp³-hybridized carbons (Fsp3) is 0.619. The molecule has 1 aromatic rings. The molecular weight excluding hydrogens is 378 g/mol. The fourth-order valence-corrected chi connectivity index (χ4v) is 2.83. The first kappa shape index (κ1) is 23.8. The molecule has 1 rings (SSSR count). The van der Waals surface area contributed by atoms with E-state index in [0.29, 0.717) is 5.88 Å². The van der Waals surface area contributed by atoms with Crippen LogP contribution in [0.2, 0.25) is 0 Å². The number of unbranched alkanes of at least 4 members (excludes halogenated alkanes) is 10. The first-order valence-electron chi connectivity index (χ1n) is 9.60. The summed E-state index contributed by atoms with van der Waals surface area (Å²) in [6.07, 6.45) is 17.8. The maximum absolute atomic E-state index is 11.3. The van der Waals surface area contributed by atoms with E-state index in [1.54, 1.807) is 0 Å².